The van der Waals surface area contributed by atoms with Crippen molar-refractivity contribution in [1.29, 1.82) is 0 Å². The van der Waals surface area contributed by atoms with Crippen LogP contribution in [0.25, 0.3) is 22.2 Å². The van der Waals surface area contributed by atoms with Gasteiger partial charge in [-0.15, -0.1) is 10.2 Å². The van der Waals surface area contributed by atoms with E-state index in [0.29, 0.717) is 34.4 Å². The van der Waals surface area contributed by atoms with Gasteiger partial charge in [0.25, 0.3) is 5.56 Å². The van der Waals surface area contributed by atoms with E-state index in [0.717, 1.165) is 16.5 Å². The summed E-state index contributed by atoms with van der Waals surface area (Å²) in [7, 11) is 0. The average Bonchev–Trinajstić information content (AvgIpc) is 3.43. The molecule has 0 radical (unpaired) electrons. The van der Waals surface area contributed by atoms with Crippen LogP contribution < -0.4 is 5.56 Å². The first kappa shape index (κ1) is 18.7. The molecule has 5 aromatic rings. The van der Waals surface area contributed by atoms with Gasteiger partial charge in [-0.2, -0.15) is 16.4 Å². The molecule has 0 aliphatic heterocycles. The number of pyridine rings is 1. The van der Waals surface area contributed by atoms with Gasteiger partial charge < -0.3 is 4.42 Å². The van der Waals surface area contributed by atoms with Crippen LogP contribution in [0.15, 0.2) is 68.6 Å². The van der Waals surface area contributed by atoms with Crippen molar-refractivity contribution in [3.05, 3.63) is 92.1 Å². The predicted octanol–water partition coefficient (Wildman–Crippen LogP) is 4.20. The van der Waals surface area contributed by atoms with Gasteiger partial charge in [-0.25, -0.2) is 9.67 Å². The highest BCUT2D eigenvalue weighted by Gasteiger charge is 2.15. The molecule has 9 heteroatoms. The van der Waals surface area contributed by atoms with Gasteiger partial charge in [-0.1, -0.05) is 29.8 Å². The van der Waals surface area contributed by atoms with Crippen molar-refractivity contribution in [2.75, 3.05) is 0 Å². The number of aromatic nitrogens is 5. The van der Waals surface area contributed by atoms with Crippen LogP contribution in [0.5, 0.6) is 0 Å². The van der Waals surface area contributed by atoms with Crippen LogP contribution in [0.2, 0.25) is 5.15 Å². The van der Waals surface area contributed by atoms with Crippen LogP contribution in [0.4, 0.5) is 0 Å². The average molecular weight is 436 g/mol. The standard InChI is InChI=1S/C21H14ClN5O2S/c22-18-9-13(5-7-23-18)11-27-21(28)16-4-2-1-3-15(16)17(26-27)10-19-24-25-20(29-19)14-6-8-30-12-14/h1-9,12H,10-11H2. The molecule has 0 saturated heterocycles. The summed E-state index contributed by atoms with van der Waals surface area (Å²) in [6.07, 6.45) is 1.92. The summed E-state index contributed by atoms with van der Waals surface area (Å²) in [5.41, 5.74) is 2.23. The molecular formula is C21H14ClN5O2S. The third kappa shape index (κ3) is 3.62. The monoisotopic (exact) mass is 435 g/mol. The highest BCUT2D eigenvalue weighted by Crippen LogP contribution is 2.22. The fraction of sp³-hybridized carbons (Fsp3) is 0.0952. The Morgan fingerprint density at radius 2 is 1.97 bits per heavy atom. The Kier molecular flexibility index (Phi) is 4.86. The minimum absolute atomic E-state index is 0.174. The van der Waals surface area contributed by atoms with E-state index >= 15 is 0 Å². The summed E-state index contributed by atoms with van der Waals surface area (Å²) in [5.74, 6) is 0.904. The van der Waals surface area contributed by atoms with E-state index in [4.69, 9.17) is 16.0 Å². The molecule has 1 aromatic carbocycles. The van der Waals surface area contributed by atoms with E-state index in [9.17, 15) is 4.79 Å². The molecule has 4 heterocycles. The zero-order valence-electron chi connectivity index (χ0n) is 15.5. The van der Waals surface area contributed by atoms with Crippen LogP contribution >= 0.6 is 22.9 Å². The number of nitrogens with zero attached hydrogens (tertiary/aromatic N) is 5. The minimum Gasteiger partial charge on any atom is -0.420 e. The van der Waals surface area contributed by atoms with Crippen LogP contribution in [0.3, 0.4) is 0 Å². The summed E-state index contributed by atoms with van der Waals surface area (Å²) >= 11 is 7.55. The van der Waals surface area contributed by atoms with Crippen molar-refractivity contribution in [2.24, 2.45) is 0 Å². The maximum atomic E-state index is 13.0. The number of thiophene rings is 1. The lowest BCUT2D eigenvalue weighted by molar-refractivity contribution is 0.512. The van der Waals surface area contributed by atoms with Crippen molar-refractivity contribution in [2.45, 2.75) is 13.0 Å². The highest BCUT2D eigenvalue weighted by molar-refractivity contribution is 7.08. The first-order valence-electron chi connectivity index (χ1n) is 9.11. The van der Waals surface area contributed by atoms with Gasteiger partial charge in [-0.3, -0.25) is 4.79 Å². The first-order chi connectivity index (χ1) is 14.7. The smallest absolute Gasteiger partial charge is 0.274 e. The molecule has 0 bridgehead atoms. The molecule has 148 valence electrons. The topological polar surface area (TPSA) is 86.7 Å². The zero-order chi connectivity index (χ0) is 20.5. The lowest BCUT2D eigenvalue weighted by Crippen LogP contribution is -2.25. The highest BCUT2D eigenvalue weighted by atomic mass is 35.5. The second-order valence-corrected chi connectivity index (χ2v) is 7.80. The van der Waals surface area contributed by atoms with Gasteiger partial charge in [0.05, 0.1) is 24.0 Å². The maximum absolute atomic E-state index is 13.0. The van der Waals surface area contributed by atoms with Gasteiger partial charge in [0.2, 0.25) is 11.8 Å². The van der Waals surface area contributed by atoms with Gasteiger partial charge in [0.15, 0.2) is 0 Å². The molecule has 0 N–H and O–H groups in total. The summed E-state index contributed by atoms with van der Waals surface area (Å²) in [6.45, 7) is 0.281. The van der Waals surface area contributed by atoms with Crippen molar-refractivity contribution >= 4 is 33.7 Å². The van der Waals surface area contributed by atoms with Gasteiger partial charge in [-0.05, 0) is 35.2 Å². The molecule has 30 heavy (non-hydrogen) atoms. The van der Waals surface area contributed by atoms with E-state index in [1.54, 1.807) is 35.7 Å². The van der Waals surface area contributed by atoms with E-state index in [1.807, 2.05) is 35.0 Å². The third-order valence-electron chi connectivity index (χ3n) is 4.62. The van der Waals surface area contributed by atoms with Crippen LogP contribution in [0.1, 0.15) is 17.1 Å². The van der Waals surface area contributed by atoms with Gasteiger partial charge >= 0.3 is 0 Å². The number of halogens is 1. The third-order valence-corrected chi connectivity index (χ3v) is 5.51. The number of rotatable bonds is 5. The predicted molar refractivity (Wildman–Crippen MR) is 115 cm³/mol. The number of fused-ring (bicyclic) bond motifs is 1. The lowest BCUT2D eigenvalue weighted by Gasteiger charge is -2.10. The Hall–Kier alpha value is -3.36. The second-order valence-electron chi connectivity index (χ2n) is 6.63. The van der Waals surface area contributed by atoms with Crippen molar-refractivity contribution < 1.29 is 4.42 Å². The summed E-state index contributed by atoms with van der Waals surface area (Å²) in [5, 5.41) is 18.5. The lowest BCUT2D eigenvalue weighted by atomic mass is 10.1. The van der Waals surface area contributed by atoms with Crippen molar-refractivity contribution in [1.82, 2.24) is 25.0 Å². The summed E-state index contributed by atoms with van der Waals surface area (Å²) in [4.78, 5) is 17.0. The second kappa shape index (κ2) is 7.81. The molecular weight excluding hydrogens is 422 g/mol. The summed E-state index contributed by atoms with van der Waals surface area (Å²) in [6, 6.07) is 12.8. The number of hydrogen-bond donors (Lipinski definition) is 0. The number of hydrogen-bond acceptors (Lipinski definition) is 7. The fourth-order valence-corrected chi connectivity index (χ4v) is 4.05. The zero-order valence-corrected chi connectivity index (χ0v) is 17.1. The van der Waals surface area contributed by atoms with E-state index < -0.39 is 0 Å². The molecule has 0 unspecified atom stereocenters. The maximum Gasteiger partial charge on any atom is 0.274 e. The molecule has 0 aliphatic rings. The summed E-state index contributed by atoms with van der Waals surface area (Å²) < 4.78 is 7.25. The van der Waals surface area contributed by atoms with Crippen molar-refractivity contribution in [3.63, 3.8) is 0 Å². The van der Waals surface area contributed by atoms with E-state index in [1.165, 1.54) is 4.68 Å². The van der Waals surface area contributed by atoms with Gasteiger partial charge in [0, 0.05) is 22.5 Å². The molecule has 5 rings (SSSR count). The largest absolute Gasteiger partial charge is 0.420 e. The molecule has 4 aromatic heterocycles. The molecule has 7 nitrogen and oxygen atoms in total. The molecule has 0 spiro atoms. The molecule has 0 atom stereocenters. The van der Waals surface area contributed by atoms with E-state index in [2.05, 4.69) is 20.3 Å². The molecule has 0 fully saturated rings. The van der Waals surface area contributed by atoms with Crippen molar-refractivity contribution in [3.8, 4) is 11.5 Å². The van der Waals surface area contributed by atoms with Crippen LogP contribution in [0, 0.1) is 0 Å². The molecule has 0 aliphatic carbocycles. The Bertz CT molecular complexity index is 1390. The Morgan fingerprint density at radius 3 is 2.77 bits per heavy atom. The van der Waals surface area contributed by atoms with Crippen LogP contribution in [-0.2, 0) is 13.0 Å². The normalized spacial score (nSPS) is 11.2. The number of benzene rings is 1. The van der Waals surface area contributed by atoms with Gasteiger partial charge in [0.1, 0.15) is 5.15 Å². The minimum atomic E-state index is -0.174. The SMILES string of the molecule is O=c1c2ccccc2c(Cc2nnc(-c3ccsc3)o2)nn1Cc1ccnc(Cl)c1. The molecule has 0 saturated carbocycles. The first-order valence-corrected chi connectivity index (χ1v) is 10.4. The Balaban J connectivity index is 1.55. The van der Waals surface area contributed by atoms with Crippen LogP contribution in [-0.4, -0.2) is 25.0 Å². The Labute approximate surface area is 179 Å². The fourth-order valence-electron chi connectivity index (χ4n) is 3.23. The Morgan fingerprint density at radius 1 is 1.10 bits per heavy atom. The molecule has 0 amide bonds. The quantitative estimate of drug-likeness (QED) is 0.384. The van der Waals surface area contributed by atoms with E-state index in [-0.39, 0.29) is 12.1 Å².